The Morgan fingerprint density at radius 1 is 1.24 bits per heavy atom. The zero-order valence-electron chi connectivity index (χ0n) is 16.0. The molecule has 4 heterocycles. The number of ether oxygens (including phenoxy) is 1. The highest BCUT2D eigenvalue weighted by Gasteiger charge is 2.36. The minimum absolute atomic E-state index is 0.00333. The van der Waals surface area contributed by atoms with Crippen molar-refractivity contribution in [1.82, 2.24) is 35.3 Å². The normalized spacial score (nSPS) is 18.4. The molecule has 1 saturated heterocycles. The number of hydrogen-bond acceptors (Lipinski definition) is 6. The lowest BCUT2D eigenvalue weighted by molar-refractivity contribution is -0.0495. The number of amides is 1. The van der Waals surface area contributed by atoms with E-state index in [2.05, 4.69) is 21.0 Å². The van der Waals surface area contributed by atoms with Crippen LogP contribution in [0.3, 0.4) is 0 Å². The molecule has 0 bridgehead atoms. The second-order valence-electron chi connectivity index (χ2n) is 6.91. The summed E-state index contributed by atoms with van der Waals surface area (Å²) < 4.78 is 35.2. The fraction of sp³-hybridized carbons (Fsp3) is 0.389. The van der Waals surface area contributed by atoms with Crippen LogP contribution >= 0.6 is 0 Å². The van der Waals surface area contributed by atoms with E-state index in [1.54, 1.807) is 47.0 Å². The Morgan fingerprint density at radius 3 is 2.59 bits per heavy atom. The number of allylic oxidation sites excluding steroid dienone is 2. The van der Waals surface area contributed by atoms with E-state index in [-0.39, 0.29) is 37.5 Å². The largest absolute Gasteiger partial charge is 0.481 e. The van der Waals surface area contributed by atoms with Crippen LogP contribution in [0.5, 0.6) is 0 Å². The third-order valence-corrected chi connectivity index (χ3v) is 4.87. The van der Waals surface area contributed by atoms with Gasteiger partial charge in [0, 0.05) is 50.8 Å². The Hall–Kier alpha value is -3.37. The average Bonchev–Trinajstić information content (AvgIpc) is 3.34. The van der Waals surface area contributed by atoms with E-state index < -0.39 is 5.92 Å². The zero-order chi connectivity index (χ0) is 20.6. The van der Waals surface area contributed by atoms with Gasteiger partial charge in [0.15, 0.2) is 5.69 Å². The molecule has 2 aliphatic rings. The molecule has 2 aromatic heterocycles. The number of alkyl halides is 2. The number of likely N-dealkylation sites (tertiary alicyclic amines) is 1. The van der Waals surface area contributed by atoms with Crippen LogP contribution in [0.4, 0.5) is 8.78 Å². The molecule has 0 aliphatic carbocycles. The molecule has 9 nitrogen and oxygen atoms in total. The lowest BCUT2D eigenvalue weighted by Crippen LogP contribution is -2.43. The average molecular weight is 405 g/mol. The van der Waals surface area contributed by atoms with Crippen LogP contribution in [0.1, 0.15) is 23.3 Å². The van der Waals surface area contributed by atoms with Gasteiger partial charge in [-0.15, -0.1) is 0 Å². The molecule has 2 N–H and O–H groups in total. The van der Waals surface area contributed by atoms with E-state index >= 15 is 0 Å². The number of carbonyl (C=O) groups excluding carboxylic acids is 1. The first-order valence-electron chi connectivity index (χ1n) is 9.11. The highest BCUT2D eigenvalue weighted by Crippen LogP contribution is 2.29. The standard InChI is InChI=1S/C18H21F2N7O2/c1-25-11-12(10-21-25)14-9-13(17(28)26-7-5-18(19,20)6-8-26)24-27(14)15-3-4-16(29-2)23-22-15/h3-4,9-11,22-23H,5-8H2,1-2H3. The van der Waals surface area contributed by atoms with E-state index in [0.29, 0.717) is 17.4 Å². The number of hydrazine groups is 1. The van der Waals surface area contributed by atoms with Crippen molar-refractivity contribution in [2.24, 2.45) is 7.05 Å². The van der Waals surface area contributed by atoms with Crippen LogP contribution in [0.2, 0.25) is 0 Å². The number of aryl methyl sites for hydroxylation is 1. The lowest BCUT2D eigenvalue weighted by Gasteiger charge is -2.31. The van der Waals surface area contributed by atoms with Crippen LogP contribution in [0.25, 0.3) is 17.1 Å². The van der Waals surface area contributed by atoms with E-state index in [9.17, 15) is 13.6 Å². The second-order valence-corrected chi connectivity index (χ2v) is 6.91. The van der Waals surface area contributed by atoms with Crippen LogP contribution in [0, 0.1) is 0 Å². The topological polar surface area (TPSA) is 89.2 Å². The summed E-state index contributed by atoms with van der Waals surface area (Å²) in [6.07, 6.45) is 6.26. The van der Waals surface area contributed by atoms with Gasteiger partial charge in [0.2, 0.25) is 5.88 Å². The first-order valence-corrected chi connectivity index (χ1v) is 9.11. The van der Waals surface area contributed by atoms with Gasteiger partial charge >= 0.3 is 0 Å². The minimum atomic E-state index is -2.72. The fourth-order valence-electron chi connectivity index (χ4n) is 3.23. The molecule has 4 rings (SSSR count). The van der Waals surface area contributed by atoms with Crippen molar-refractivity contribution in [2.75, 3.05) is 20.2 Å². The van der Waals surface area contributed by atoms with Gasteiger partial charge in [0.1, 0.15) is 5.82 Å². The highest BCUT2D eigenvalue weighted by atomic mass is 19.3. The molecule has 0 aromatic carbocycles. The van der Waals surface area contributed by atoms with Crippen molar-refractivity contribution in [3.05, 3.63) is 42.2 Å². The molecule has 154 valence electrons. The molecule has 0 spiro atoms. The van der Waals surface area contributed by atoms with Crippen molar-refractivity contribution < 1.29 is 18.3 Å². The Labute approximate surface area is 165 Å². The SMILES string of the molecule is COC1=CC=C(n2nc(C(=O)N3CCC(F)(F)CC3)cc2-c2cnn(C)c2)NN1. The molecule has 1 amide bonds. The number of rotatable bonds is 4. The third-order valence-electron chi connectivity index (χ3n) is 4.87. The molecule has 0 unspecified atom stereocenters. The monoisotopic (exact) mass is 405 g/mol. The summed E-state index contributed by atoms with van der Waals surface area (Å²) in [5.74, 6) is -2.00. The predicted molar refractivity (Wildman–Crippen MR) is 100 cm³/mol. The molecular formula is C18H21F2N7O2. The molecule has 2 aromatic rings. The Kier molecular flexibility index (Phi) is 4.73. The molecule has 11 heteroatoms. The maximum atomic E-state index is 13.4. The summed E-state index contributed by atoms with van der Waals surface area (Å²) in [6.45, 7) is 0.00666. The highest BCUT2D eigenvalue weighted by molar-refractivity contribution is 5.94. The van der Waals surface area contributed by atoms with E-state index in [1.807, 2.05) is 0 Å². The van der Waals surface area contributed by atoms with Gasteiger partial charge in [-0.1, -0.05) is 0 Å². The summed E-state index contributed by atoms with van der Waals surface area (Å²) in [5.41, 5.74) is 7.41. The lowest BCUT2D eigenvalue weighted by atomic mass is 10.1. The van der Waals surface area contributed by atoms with Gasteiger partial charge in [-0.2, -0.15) is 10.2 Å². The summed E-state index contributed by atoms with van der Waals surface area (Å²) in [5, 5.41) is 8.62. The maximum Gasteiger partial charge on any atom is 0.274 e. The number of halogens is 2. The molecule has 2 aliphatic heterocycles. The minimum Gasteiger partial charge on any atom is -0.481 e. The predicted octanol–water partition coefficient (Wildman–Crippen LogP) is 1.55. The van der Waals surface area contributed by atoms with Gasteiger partial charge in [-0.3, -0.25) is 20.3 Å². The third kappa shape index (κ3) is 3.80. The summed E-state index contributed by atoms with van der Waals surface area (Å²) in [7, 11) is 3.32. The van der Waals surface area contributed by atoms with Gasteiger partial charge in [-0.25, -0.2) is 13.5 Å². The van der Waals surface area contributed by atoms with Crippen molar-refractivity contribution in [2.45, 2.75) is 18.8 Å². The van der Waals surface area contributed by atoms with Gasteiger partial charge in [0.05, 0.1) is 19.0 Å². The summed E-state index contributed by atoms with van der Waals surface area (Å²) >= 11 is 0. The van der Waals surface area contributed by atoms with Crippen molar-refractivity contribution in [3.63, 3.8) is 0 Å². The molecule has 0 atom stereocenters. The van der Waals surface area contributed by atoms with Crippen LogP contribution in [-0.4, -0.2) is 56.5 Å². The molecule has 29 heavy (non-hydrogen) atoms. The smallest absolute Gasteiger partial charge is 0.274 e. The van der Waals surface area contributed by atoms with Crippen molar-refractivity contribution in [3.8, 4) is 11.3 Å². The number of methoxy groups -OCH3 is 1. The number of hydrogen-bond donors (Lipinski definition) is 2. The van der Waals surface area contributed by atoms with Crippen LogP contribution in [-0.2, 0) is 11.8 Å². The number of aromatic nitrogens is 4. The van der Waals surface area contributed by atoms with Gasteiger partial charge < -0.3 is 9.64 Å². The molecule has 0 saturated carbocycles. The second kappa shape index (κ2) is 7.22. The maximum absolute atomic E-state index is 13.4. The number of piperidine rings is 1. The van der Waals surface area contributed by atoms with Crippen molar-refractivity contribution >= 4 is 11.7 Å². The fourth-order valence-corrected chi connectivity index (χ4v) is 3.23. The Bertz CT molecular complexity index is 982. The Morgan fingerprint density at radius 2 is 2.00 bits per heavy atom. The van der Waals surface area contributed by atoms with E-state index in [0.717, 1.165) is 5.56 Å². The first kappa shape index (κ1) is 19.0. The molecule has 0 radical (unpaired) electrons. The summed E-state index contributed by atoms with van der Waals surface area (Å²) in [6, 6.07) is 1.64. The molecule has 1 fully saturated rings. The quantitative estimate of drug-likeness (QED) is 0.803. The number of nitrogens with one attached hydrogen (secondary N) is 2. The molecular weight excluding hydrogens is 384 g/mol. The zero-order valence-corrected chi connectivity index (χ0v) is 16.0. The van der Waals surface area contributed by atoms with Crippen molar-refractivity contribution in [1.29, 1.82) is 0 Å². The Balaban J connectivity index is 1.68. The van der Waals surface area contributed by atoms with Crippen LogP contribution < -0.4 is 10.9 Å². The van der Waals surface area contributed by atoms with Crippen LogP contribution in [0.15, 0.2) is 36.5 Å². The summed E-state index contributed by atoms with van der Waals surface area (Å²) in [4.78, 5) is 14.3. The first-order chi connectivity index (χ1) is 13.9. The van der Waals surface area contributed by atoms with E-state index in [4.69, 9.17) is 4.74 Å². The number of carbonyl (C=O) groups is 1. The van der Waals surface area contributed by atoms with Gasteiger partial charge in [-0.05, 0) is 12.1 Å². The van der Waals surface area contributed by atoms with Gasteiger partial charge in [0.25, 0.3) is 11.8 Å². The van der Waals surface area contributed by atoms with E-state index in [1.165, 1.54) is 12.0 Å². The number of nitrogens with zero attached hydrogens (tertiary/aromatic N) is 5.